The fourth-order valence-electron chi connectivity index (χ4n) is 5.08. The Balaban J connectivity index is 0.938. The van der Waals surface area contributed by atoms with Gasteiger partial charge in [0.05, 0.1) is 0 Å². The molecular formula is C34H32N2O4S2. The Kier molecular flexibility index (Phi) is 9.01. The lowest BCUT2D eigenvalue weighted by Gasteiger charge is -2.18. The average Bonchev–Trinajstić information content (AvgIpc) is 3.55. The highest BCUT2D eigenvalue weighted by molar-refractivity contribution is 8.77. The third kappa shape index (κ3) is 7.49. The van der Waals surface area contributed by atoms with E-state index >= 15 is 0 Å². The third-order valence-corrected chi connectivity index (χ3v) is 10.5. The van der Waals surface area contributed by atoms with Crippen molar-refractivity contribution in [2.75, 3.05) is 13.1 Å². The van der Waals surface area contributed by atoms with E-state index < -0.39 is 0 Å². The van der Waals surface area contributed by atoms with Crippen molar-refractivity contribution in [3.63, 3.8) is 0 Å². The molecule has 2 saturated heterocycles. The zero-order valence-electron chi connectivity index (χ0n) is 23.1. The van der Waals surface area contributed by atoms with Crippen LogP contribution in [-0.4, -0.2) is 45.2 Å². The molecule has 2 heterocycles. The van der Waals surface area contributed by atoms with Gasteiger partial charge in [0.25, 0.3) is 0 Å². The topological polar surface area (TPSA) is 59.1 Å². The van der Waals surface area contributed by atoms with Crippen molar-refractivity contribution in [3.05, 3.63) is 120 Å². The number of benzene rings is 4. The van der Waals surface area contributed by atoms with Crippen LogP contribution in [0.4, 0.5) is 0 Å². The summed E-state index contributed by atoms with van der Waals surface area (Å²) in [5.41, 5.74) is 2.16. The van der Waals surface area contributed by atoms with Crippen LogP contribution < -0.4 is 9.47 Å². The number of rotatable bonds is 11. The Hall–Kier alpha value is -3.88. The molecule has 2 aliphatic rings. The summed E-state index contributed by atoms with van der Waals surface area (Å²) in [4.78, 5) is 29.3. The minimum Gasteiger partial charge on any atom is -0.457 e. The van der Waals surface area contributed by atoms with Crippen LogP contribution in [0, 0.1) is 0 Å². The number of carbonyl (C=O) groups is 2. The zero-order valence-corrected chi connectivity index (χ0v) is 24.8. The molecule has 2 atom stereocenters. The molecule has 6 rings (SSSR count). The Bertz CT molecular complexity index is 1370. The lowest BCUT2D eigenvalue weighted by Crippen LogP contribution is -2.25. The van der Waals surface area contributed by atoms with Gasteiger partial charge in [0.2, 0.25) is 11.8 Å². The Morgan fingerprint density at radius 2 is 0.881 bits per heavy atom. The van der Waals surface area contributed by atoms with E-state index in [9.17, 15) is 9.59 Å². The molecule has 2 aliphatic heterocycles. The number of hydrogen-bond donors (Lipinski definition) is 0. The summed E-state index contributed by atoms with van der Waals surface area (Å²) in [5, 5.41) is 0.453. The molecule has 4 aromatic rings. The van der Waals surface area contributed by atoms with E-state index in [1.165, 1.54) is 0 Å². The molecule has 42 heavy (non-hydrogen) atoms. The highest BCUT2D eigenvalue weighted by atomic mass is 33.1. The Morgan fingerprint density at radius 1 is 0.524 bits per heavy atom. The van der Waals surface area contributed by atoms with Crippen LogP contribution in [0.15, 0.2) is 109 Å². The van der Waals surface area contributed by atoms with E-state index in [1.54, 1.807) is 21.6 Å². The third-order valence-electron chi connectivity index (χ3n) is 7.24. The lowest BCUT2D eigenvalue weighted by molar-refractivity contribution is -0.129. The number of carbonyl (C=O) groups excluding carboxylic acids is 2. The average molecular weight is 597 g/mol. The van der Waals surface area contributed by atoms with Crippen molar-refractivity contribution >= 4 is 33.4 Å². The standard InChI is InChI=1S/C34H32N2O4S2/c37-33-19-31(23-35(33)21-25-11-15-29(16-12-25)39-27-7-3-1-4-8-27)41-42-32-20-34(38)36(24-32)22-26-13-17-30(18-14-26)40-28-9-5-2-6-10-28/h1-18,31-32H,19-24H2/t31-,32-/m0/s1. The largest absolute Gasteiger partial charge is 0.457 e. The molecular weight excluding hydrogens is 565 g/mol. The predicted octanol–water partition coefficient (Wildman–Crippen LogP) is 7.55. The first-order valence-corrected chi connectivity index (χ1v) is 16.4. The number of nitrogens with zero attached hydrogens (tertiary/aromatic N) is 2. The molecule has 0 saturated carbocycles. The molecule has 0 unspecified atom stereocenters. The van der Waals surface area contributed by atoms with Gasteiger partial charge in [-0.3, -0.25) is 9.59 Å². The summed E-state index contributed by atoms with van der Waals surface area (Å²) in [6, 6.07) is 35.2. The zero-order chi connectivity index (χ0) is 28.7. The van der Waals surface area contributed by atoms with Crippen molar-refractivity contribution in [1.82, 2.24) is 9.80 Å². The minimum atomic E-state index is 0.182. The second-order valence-corrected chi connectivity index (χ2v) is 13.4. The smallest absolute Gasteiger partial charge is 0.224 e. The first-order valence-electron chi connectivity index (χ1n) is 14.1. The fourth-order valence-corrected chi connectivity index (χ4v) is 8.01. The number of hydrogen-bond acceptors (Lipinski definition) is 6. The maximum Gasteiger partial charge on any atom is 0.224 e. The van der Waals surface area contributed by atoms with E-state index in [1.807, 2.05) is 119 Å². The van der Waals surface area contributed by atoms with Gasteiger partial charge >= 0.3 is 0 Å². The van der Waals surface area contributed by atoms with E-state index in [4.69, 9.17) is 9.47 Å². The van der Waals surface area contributed by atoms with Crippen molar-refractivity contribution < 1.29 is 19.1 Å². The summed E-state index contributed by atoms with van der Waals surface area (Å²) in [7, 11) is 3.51. The van der Waals surface area contributed by atoms with Crippen molar-refractivity contribution in [2.45, 2.75) is 36.4 Å². The van der Waals surface area contributed by atoms with Gasteiger partial charge in [-0.15, -0.1) is 0 Å². The SMILES string of the molecule is O=C1C[C@H](SS[C@H]2CC(=O)N(Cc3ccc(Oc4ccccc4)cc3)C2)CN1Cc1ccc(Oc2ccccc2)cc1. The van der Waals surface area contributed by atoms with Gasteiger partial charge in [-0.1, -0.05) is 82.3 Å². The summed E-state index contributed by atoms with van der Waals surface area (Å²) < 4.78 is 11.8. The quantitative estimate of drug-likeness (QED) is 0.167. The van der Waals surface area contributed by atoms with Crippen LogP contribution in [-0.2, 0) is 22.7 Å². The molecule has 0 N–H and O–H groups in total. The van der Waals surface area contributed by atoms with Crippen LogP contribution >= 0.6 is 21.6 Å². The summed E-state index contributed by atoms with van der Waals surface area (Å²) in [6.45, 7) is 2.63. The molecule has 214 valence electrons. The lowest BCUT2D eigenvalue weighted by atomic mass is 10.2. The number of ether oxygens (including phenoxy) is 2. The van der Waals surface area contributed by atoms with Crippen LogP contribution in [0.1, 0.15) is 24.0 Å². The summed E-state index contributed by atoms with van der Waals surface area (Å²) in [6.07, 6.45) is 1.07. The molecule has 8 heteroatoms. The highest BCUT2D eigenvalue weighted by Crippen LogP contribution is 2.40. The van der Waals surface area contributed by atoms with Gasteiger partial charge in [-0.2, -0.15) is 0 Å². The molecule has 4 aromatic carbocycles. The van der Waals surface area contributed by atoms with Gasteiger partial charge < -0.3 is 19.3 Å². The maximum absolute atomic E-state index is 12.7. The second-order valence-electron chi connectivity index (χ2n) is 10.5. The number of para-hydroxylation sites is 2. The van der Waals surface area contributed by atoms with Crippen molar-refractivity contribution in [1.29, 1.82) is 0 Å². The molecule has 0 aliphatic carbocycles. The van der Waals surface area contributed by atoms with Crippen LogP contribution in [0.25, 0.3) is 0 Å². The first-order chi connectivity index (χ1) is 20.6. The van der Waals surface area contributed by atoms with Crippen molar-refractivity contribution in [3.8, 4) is 23.0 Å². The molecule has 6 nitrogen and oxygen atoms in total. The Labute approximate surface area is 254 Å². The van der Waals surface area contributed by atoms with E-state index in [0.717, 1.165) is 47.2 Å². The van der Waals surface area contributed by atoms with E-state index in [0.29, 0.717) is 25.9 Å². The van der Waals surface area contributed by atoms with E-state index in [-0.39, 0.29) is 22.3 Å². The predicted molar refractivity (Wildman–Crippen MR) is 169 cm³/mol. The highest BCUT2D eigenvalue weighted by Gasteiger charge is 2.34. The number of likely N-dealkylation sites (tertiary alicyclic amines) is 2. The molecule has 2 fully saturated rings. The van der Waals surface area contributed by atoms with Gasteiger partial charge in [0.15, 0.2) is 0 Å². The normalized spacial score (nSPS) is 18.5. The van der Waals surface area contributed by atoms with Crippen LogP contribution in [0.2, 0.25) is 0 Å². The molecule has 0 aromatic heterocycles. The molecule has 0 radical (unpaired) electrons. The van der Waals surface area contributed by atoms with Crippen LogP contribution in [0.3, 0.4) is 0 Å². The maximum atomic E-state index is 12.7. The van der Waals surface area contributed by atoms with E-state index in [2.05, 4.69) is 0 Å². The monoisotopic (exact) mass is 596 g/mol. The van der Waals surface area contributed by atoms with Crippen LogP contribution in [0.5, 0.6) is 23.0 Å². The van der Waals surface area contributed by atoms with Crippen molar-refractivity contribution in [2.24, 2.45) is 0 Å². The second kappa shape index (κ2) is 13.4. The summed E-state index contributed by atoms with van der Waals surface area (Å²) >= 11 is 0. The molecule has 0 spiro atoms. The van der Waals surface area contributed by atoms with Gasteiger partial charge in [-0.25, -0.2) is 0 Å². The molecule has 2 amide bonds. The minimum absolute atomic E-state index is 0.182. The van der Waals surface area contributed by atoms with Gasteiger partial charge in [0.1, 0.15) is 23.0 Å². The molecule has 0 bridgehead atoms. The van der Waals surface area contributed by atoms with Gasteiger partial charge in [0, 0.05) is 49.5 Å². The fraction of sp³-hybridized carbons (Fsp3) is 0.235. The number of amides is 2. The first kappa shape index (κ1) is 28.2. The van der Waals surface area contributed by atoms with Gasteiger partial charge in [-0.05, 0) is 59.7 Å². The summed E-state index contributed by atoms with van der Waals surface area (Å²) in [5.74, 6) is 3.51. The Morgan fingerprint density at radius 3 is 1.26 bits per heavy atom.